The van der Waals surface area contributed by atoms with Crippen LogP contribution < -0.4 is 0 Å². The van der Waals surface area contributed by atoms with Crippen LogP contribution in [0.4, 0.5) is 0 Å². The monoisotopic (exact) mass is 224 g/mol. The molecule has 0 amide bonds. The molecule has 0 unspecified atom stereocenters. The first-order chi connectivity index (χ1) is 7.63. The molecule has 0 saturated carbocycles. The van der Waals surface area contributed by atoms with E-state index < -0.39 is 24.6 Å². The maximum atomic E-state index is 10.8. The molecule has 0 aliphatic rings. The van der Waals surface area contributed by atoms with Crippen LogP contribution in [-0.4, -0.2) is 34.9 Å². The van der Waals surface area contributed by atoms with Gasteiger partial charge in [0.15, 0.2) is 0 Å². The molecule has 86 valence electrons. The fraction of sp³-hybridized carbons (Fsp3) is 0.273. The Bertz CT molecular complexity index is 360. The summed E-state index contributed by atoms with van der Waals surface area (Å²) >= 11 is 0. The van der Waals surface area contributed by atoms with Crippen molar-refractivity contribution in [2.24, 2.45) is 0 Å². The zero-order valence-electron chi connectivity index (χ0n) is 8.50. The molecule has 0 fully saturated rings. The maximum Gasteiger partial charge on any atom is 0.345 e. The number of hydrogen-bond donors (Lipinski definition) is 2. The highest BCUT2D eigenvalue weighted by molar-refractivity contribution is 5.78. The molecule has 16 heavy (non-hydrogen) atoms. The number of carbonyl (C=O) groups excluding carboxylic acids is 1. The summed E-state index contributed by atoms with van der Waals surface area (Å²) in [4.78, 5) is 21.6. The van der Waals surface area contributed by atoms with Crippen LogP contribution >= 0.6 is 0 Å². The van der Waals surface area contributed by atoms with Crippen molar-refractivity contribution < 1.29 is 24.5 Å². The van der Waals surface area contributed by atoms with Crippen molar-refractivity contribution in [2.45, 2.75) is 12.5 Å². The van der Waals surface area contributed by atoms with Crippen LogP contribution in [0.2, 0.25) is 0 Å². The van der Waals surface area contributed by atoms with Gasteiger partial charge in [0.05, 0.1) is 0 Å². The quantitative estimate of drug-likeness (QED) is 0.699. The van der Waals surface area contributed by atoms with E-state index in [0.29, 0.717) is 0 Å². The smallest absolute Gasteiger partial charge is 0.345 e. The lowest BCUT2D eigenvalue weighted by atomic mass is 10.1. The Kier molecular flexibility index (Phi) is 4.47. The lowest BCUT2D eigenvalue weighted by molar-refractivity contribution is -0.165. The van der Waals surface area contributed by atoms with Gasteiger partial charge in [-0.25, -0.2) is 9.59 Å². The molecular weight excluding hydrogens is 212 g/mol. The van der Waals surface area contributed by atoms with Crippen LogP contribution in [0.5, 0.6) is 0 Å². The first kappa shape index (κ1) is 12.2. The molecule has 0 heterocycles. The Morgan fingerprint density at radius 2 is 1.88 bits per heavy atom. The SMILES string of the molecule is O=C(CO)O[C@@H](Cc1ccccc1)C(=O)O. The minimum atomic E-state index is -1.26. The van der Waals surface area contributed by atoms with Gasteiger partial charge in [-0.15, -0.1) is 0 Å². The second-order valence-electron chi connectivity index (χ2n) is 3.16. The van der Waals surface area contributed by atoms with Gasteiger partial charge in [0.2, 0.25) is 6.10 Å². The predicted molar refractivity (Wildman–Crippen MR) is 54.7 cm³/mol. The van der Waals surface area contributed by atoms with Gasteiger partial charge >= 0.3 is 11.9 Å². The molecule has 5 heteroatoms. The summed E-state index contributed by atoms with van der Waals surface area (Å²) in [6.45, 7) is -0.821. The number of carboxylic acids is 1. The van der Waals surface area contributed by atoms with E-state index in [1.54, 1.807) is 30.3 Å². The Hall–Kier alpha value is -1.88. The van der Waals surface area contributed by atoms with Crippen LogP contribution in [0.25, 0.3) is 0 Å². The van der Waals surface area contributed by atoms with Crippen LogP contribution in [-0.2, 0) is 20.7 Å². The third-order valence-corrected chi connectivity index (χ3v) is 1.94. The number of ether oxygens (including phenoxy) is 1. The summed E-state index contributed by atoms with van der Waals surface area (Å²) in [5.74, 6) is -2.17. The van der Waals surface area contributed by atoms with Gasteiger partial charge < -0.3 is 14.9 Å². The molecule has 0 aliphatic heterocycles. The Balaban J connectivity index is 2.65. The molecule has 0 aromatic heterocycles. The second-order valence-corrected chi connectivity index (χ2v) is 3.16. The van der Waals surface area contributed by atoms with Crippen LogP contribution in [0.15, 0.2) is 30.3 Å². The maximum absolute atomic E-state index is 10.8. The van der Waals surface area contributed by atoms with Crippen molar-refractivity contribution in [3.63, 3.8) is 0 Å². The molecule has 0 saturated heterocycles. The van der Waals surface area contributed by atoms with Crippen molar-refractivity contribution in [2.75, 3.05) is 6.61 Å². The van der Waals surface area contributed by atoms with Crippen LogP contribution in [0.3, 0.4) is 0 Å². The number of benzene rings is 1. The van der Waals surface area contributed by atoms with Gasteiger partial charge in [-0.05, 0) is 5.56 Å². The van der Waals surface area contributed by atoms with E-state index in [9.17, 15) is 9.59 Å². The summed E-state index contributed by atoms with van der Waals surface area (Å²) in [5, 5.41) is 17.3. The van der Waals surface area contributed by atoms with Crippen molar-refractivity contribution in [3.8, 4) is 0 Å². The lowest BCUT2D eigenvalue weighted by Crippen LogP contribution is -2.30. The molecule has 0 radical (unpaired) electrons. The summed E-state index contributed by atoms with van der Waals surface area (Å²) in [6.07, 6.45) is -1.18. The van der Waals surface area contributed by atoms with Gasteiger partial charge in [0.25, 0.3) is 0 Å². The average Bonchev–Trinajstić information content (AvgIpc) is 2.29. The lowest BCUT2D eigenvalue weighted by Gasteiger charge is -2.12. The number of carboxylic acid groups (broad SMARTS) is 1. The largest absolute Gasteiger partial charge is 0.478 e. The van der Waals surface area contributed by atoms with Gasteiger partial charge in [-0.2, -0.15) is 0 Å². The number of esters is 1. The Morgan fingerprint density at radius 1 is 1.25 bits per heavy atom. The molecule has 2 N–H and O–H groups in total. The van der Waals surface area contributed by atoms with Crippen LogP contribution in [0, 0.1) is 0 Å². The first-order valence-corrected chi connectivity index (χ1v) is 4.70. The van der Waals surface area contributed by atoms with Crippen molar-refractivity contribution in [1.29, 1.82) is 0 Å². The highest BCUT2D eigenvalue weighted by Gasteiger charge is 2.22. The van der Waals surface area contributed by atoms with Gasteiger partial charge in [-0.3, -0.25) is 0 Å². The number of hydrogen-bond acceptors (Lipinski definition) is 4. The van der Waals surface area contributed by atoms with E-state index in [0.717, 1.165) is 5.56 Å². The molecule has 1 aromatic carbocycles. The van der Waals surface area contributed by atoms with E-state index in [2.05, 4.69) is 4.74 Å². The predicted octanol–water partition coefficient (Wildman–Crippen LogP) is 0.218. The summed E-state index contributed by atoms with van der Waals surface area (Å²) in [5.41, 5.74) is 0.751. The highest BCUT2D eigenvalue weighted by atomic mass is 16.6. The normalized spacial score (nSPS) is 11.8. The molecule has 0 spiro atoms. The molecule has 1 rings (SSSR count). The molecule has 0 bridgehead atoms. The first-order valence-electron chi connectivity index (χ1n) is 4.70. The number of rotatable bonds is 5. The summed E-state index contributed by atoms with van der Waals surface area (Å²) in [7, 11) is 0. The van der Waals surface area contributed by atoms with Gasteiger partial charge in [0.1, 0.15) is 6.61 Å². The second kappa shape index (κ2) is 5.87. The minimum absolute atomic E-state index is 0.0852. The van der Waals surface area contributed by atoms with Crippen LogP contribution in [0.1, 0.15) is 5.56 Å². The number of carbonyl (C=O) groups is 2. The fourth-order valence-electron chi connectivity index (χ4n) is 1.20. The third kappa shape index (κ3) is 3.70. The topological polar surface area (TPSA) is 83.8 Å². The van der Waals surface area contributed by atoms with E-state index in [1.165, 1.54) is 0 Å². The Labute approximate surface area is 92.3 Å². The van der Waals surface area contributed by atoms with Crippen molar-refractivity contribution in [1.82, 2.24) is 0 Å². The van der Waals surface area contributed by atoms with Gasteiger partial charge in [-0.1, -0.05) is 30.3 Å². The zero-order valence-corrected chi connectivity index (χ0v) is 8.50. The fourth-order valence-corrected chi connectivity index (χ4v) is 1.20. The van der Waals surface area contributed by atoms with E-state index in [4.69, 9.17) is 10.2 Å². The third-order valence-electron chi connectivity index (χ3n) is 1.94. The number of aliphatic hydroxyl groups excluding tert-OH is 1. The van der Waals surface area contributed by atoms with Crippen molar-refractivity contribution >= 4 is 11.9 Å². The van der Waals surface area contributed by atoms with E-state index in [1.807, 2.05) is 0 Å². The van der Waals surface area contributed by atoms with E-state index >= 15 is 0 Å². The summed E-state index contributed by atoms with van der Waals surface area (Å²) < 4.78 is 4.58. The number of aliphatic carboxylic acids is 1. The van der Waals surface area contributed by atoms with Crippen molar-refractivity contribution in [3.05, 3.63) is 35.9 Å². The molecule has 1 aromatic rings. The standard InChI is InChI=1S/C11H12O5/c12-7-10(13)16-9(11(14)15)6-8-4-2-1-3-5-8/h1-5,9,12H,6-7H2,(H,14,15)/t9-/m0/s1. The minimum Gasteiger partial charge on any atom is -0.478 e. The Morgan fingerprint density at radius 3 is 2.38 bits per heavy atom. The summed E-state index contributed by atoms with van der Waals surface area (Å²) in [6, 6.07) is 8.81. The molecule has 5 nitrogen and oxygen atoms in total. The zero-order chi connectivity index (χ0) is 12.0. The number of aliphatic hydroxyl groups is 1. The molecule has 1 atom stereocenters. The average molecular weight is 224 g/mol. The van der Waals surface area contributed by atoms with Gasteiger partial charge in [0, 0.05) is 6.42 Å². The highest BCUT2D eigenvalue weighted by Crippen LogP contribution is 2.06. The molecule has 0 aliphatic carbocycles. The molecular formula is C11H12O5. The van der Waals surface area contributed by atoms with E-state index in [-0.39, 0.29) is 6.42 Å².